The van der Waals surface area contributed by atoms with Crippen LogP contribution in [0, 0.1) is 0 Å². The van der Waals surface area contributed by atoms with E-state index in [2.05, 4.69) is 23.3 Å². The van der Waals surface area contributed by atoms with Crippen LogP contribution in [0.5, 0.6) is 0 Å². The number of esters is 1. The summed E-state index contributed by atoms with van der Waals surface area (Å²) in [7, 11) is 1.42. The van der Waals surface area contributed by atoms with Gasteiger partial charge in [-0.25, -0.2) is 4.68 Å². The Bertz CT molecular complexity index is 764. The van der Waals surface area contributed by atoms with E-state index < -0.39 is 0 Å². The van der Waals surface area contributed by atoms with Crippen molar-refractivity contribution in [2.24, 2.45) is 0 Å². The Kier molecular flexibility index (Phi) is 3.69. The molecule has 1 aromatic heterocycles. The molecule has 0 aliphatic carbocycles. The smallest absolute Gasteiger partial charge is 0.305 e. The fourth-order valence-electron chi connectivity index (χ4n) is 2.54. The Hall–Kier alpha value is -2.62. The van der Waals surface area contributed by atoms with Crippen LogP contribution in [-0.4, -0.2) is 22.9 Å². The third-order valence-corrected chi connectivity index (χ3v) is 3.57. The summed E-state index contributed by atoms with van der Waals surface area (Å²) in [5.41, 5.74) is 2.12. The van der Waals surface area contributed by atoms with Crippen LogP contribution in [0.2, 0.25) is 0 Å². The number of hydrogen-bond donors (Lipinski definition) is 0. The normalized spacial score (nSPS) is 10.7. The zero-order valence-electron chi connectivity index (χ0n) is 11.8. The maximum absolute atomic E-state index is 11.5. The highest BCUT2D eigenvalue weighted by Gasteiger charge is 2.11. The highest BCUT2D eigenvalue weighted by atomic mass is 16.5. The number of aromatic nitrogens is 2. The van der Waals surface area contributed by atoms with Gasteiger partial charge in [-0.2, -0.15) is 5.10 Å². The molecule has 3 aromatic rings. The van der Waals surface area contributed by atoms with E-state index >= 15 is 0 Å². The molecule has 4 heteroatoms. The summed E-state index contributed by atoms with van der Waals surface area (Å²) < 4.78 is 6.59. The minimum atomic E-state index is -0.200. The van der Waals surface area contributed by atoms with E-state index in [0.717, 1.165) is 22.0 Å². The fraction of sp³-hybridized carbons (Fsp3) is 0.176. The first-order valence-electron chi connectivity index (χ1n) is 6.87. The fourth-order valence-corrected chi connectivity index (χ4v) is 2.54. The van der Waals surface area contributed by atoms with E-state index in [1.54, 1.807) is 6.20 Å². The number of aryl methyl sites for hydroxylation is 1. The zero-order valence-corrected chi connectivity index (χ0v) is 11.8. The number of carbonyl (C=O) groups excluding carboxylic acids is 1. The molecule has 0 amide bonds. The Morgan fingerprint density at radius 3 is 2.81 bits per heavy atom. The molecule has 0 spiro atoms. The average Bonchev–Trinajstić information content (AvgIpc) is 3.06. The molecule has 1 heterocycles. The lowest BCUT2D eigenvalue weighted by Gasteiger charge is -2.13. The van der Waals surface area contributed by atoms with Gasteiger partial charge < -0.3 is 4.74 Å². The molecule has 0 N–H and O–H groups in total. The molecule has 0 bridgehead atoms. The highest BCUT2D eigenvalue weighted by Crippen LogP contribution is 2.26. The van der Waals surface area contributed by atoms with Crippen LogP contribution in [0.15, 0.2) is 54.9 Å². The Morgan fingerprint density at radius 1 is 1.19 bits per heavy atom. The number of hydrogen-bond acceptors (Lipinski definition) is 3. The lowest BCUT2D eigenvalue weighted by Crippen LogP contribution is -2.06. The highest BCUT2D eigenvalue weighted by molar-refractivity contribution is 5.89. The average molecular weight is 280 g/mol. The third-order valence-electron chi connectivity index (χ3n) is 3.57. The molecule has 106 valence electrons. The summed E-state index contributed by atoms with van der Waals surface area (Å²) in [6, 6.07) is 14.2. The van der Waals surface area contributed by atoms with Gasteiger partial charge in [-0.3, -0.25) is 4.79 Å². The molecule has 0 aliphatic rings. The predicted molar refractivity (Wildman–Crippen MR) is 81.4 cm³/mol. The van der Waals surface area contributed by atoms with E-state index in [1.807, 2.05) is 35.1 Å². The van der Waals surface area contributed by atoms with Gasteiger partial charge in [-0.05, 0) is 34.9 Å². The molecule has 4 nitrogen and oxygen atoms in total. The molecule has 0 saturated carbocycles. The minimum absolute atomic E-state index is 0.200. The van der Waals surface area contributed by atoms with Crippen LogP contribution in [-0.2, 0) is 16.0 Å². The van der Waals surface area contributed by atoms with Crippen molar-refractivity contribution in [2.45, 2.75) is 12.8 Å². The first-order chi connectivity index (χ1) is 10.3. The van der Waals surface area contributed by atoms with Gasteiger partial charge in [0.15, 0.2) is 0 Å². The number of fused-ring (bicyclic) bond motifs is 1. The summed E-state index contributed by atoms with van der Waals surface area (Å²) in [6.45, 7) is 0. The Balaban J connectivity index is 2.11. The van der Waals surface area contributed by atoms with Crippen molar-refractivity contribution in [1.29, 1.82) is 0 Å². The lowest BCUT2D eigenvalue weighted by atomic mass is 9.99. The standard InChI is InChI=1S/C17H16N2O2/c1-21-17(20)10-8-15-14-6-3-2-5-13(14)7-9-16(15)19-12-4-11-18-19/h2-7,9,11-12H,8,10H2,1H3. The van der Waals surface area contributed by atoms with E-state index in [0.29, 0.717) is 12.8 Å². The topological polar surface area (TPSA) is 44.1 Å². The summed E-state index contributed by atoms with van der Waals surface area (Å²) >= 11 is 0. The van der Waals surface area contributed by atoms with Gasteiger partial charge in [-0.15, -0.1) is 0 Å². The summed E-state index contributed by atoms with van der Waals surface area (Å²) in [5, 5.41) is 6.61. The van der Waals surface area contributed by atoms with Crippen molar-refractivity contribution >= 4 is 16.7 Å². The number of benzene rings is 2. The number of ether oxygens (including phenoxy) is 1. The first-order valence-corrected chi connectivity index (χ1v) is 6.87. The summed E-state index contributed by atoms with van der Waals surface area (Å²) in [5.74, 6) is -0.200. The second-order valence-electron chi connectivity index (χ2n) is 4.81. The molecular weight excluding hydrogens is 264 g/mol. The van der Waals surface area contributed by atoms with Crippen LogP contribution in [0.3, 0.4) is 0 Å². The maximum Gasteiger partial charge on any atom is 0.305 e. The van der Waals surface area contributed by atoms with Crippen LogP contribution in [0.1, 0.15) is 12.0 Å². The second-order valence-corrected chi connectivity index (χ2v) is 4.81. The minimum Gasteiger partial charge on any atom is -0.469 e. The van der Waals surface area contributed by atoms with Crippen LogP contribution >= 0.6 is 0 Å². The summed E-state index contributed by atoms with van der Waals surface area (Å²) in [6.07, 6.45) is 4.65. The second kappa shape index (κ2) is 5.79. The molecule has 0 radical (unpaired) electrons. The number of rotatable bonds is 4. The van der Waals surface area contributed by atoms with Crippen molar-refractivity contribution in [3.63, 3.8) is 0 Å². The van der Waals surface area contributed by atoms with Gasteiger partial charge in [-0.1, -0.05) is 30.3 Å². The van der Waals surface area contributed by atoms with Gasteiger partial charge >= 0.3 is 5.97 Å². The van der Waals surface area contributed by atoms with Gasteiger partial charge in [0.2, 0.25) is 0 Å². The molecule has 0 aliphatic heterocycles. The molecule has 21 heavy (non-hydrogen) atoms. The number of carbonyl (C=O) groups is 1. The molecule has 0 unspecified atom stereocenters. The van der Waals surface area contributed by atoms with Gasteiger partial charge in [0.1, 0.15) is 0 Å². The SMILES string of the molecule is COC(=O)CCc1c(-n2cccn2)ccc2ccccc12. The predicted octanol–water partition coefficient (Wildman–Crippen LogP) is 3.13. The van der Waals surface area contributed by atoms with Crippen molar-refractivity contribution < 1.29 is 9.53 Å². The molecule has 0 atom stereocenters. The van der Waals surface area contributed by atoms with E-state index in [4.69, 9.17) is 4.74 Å². The van der Waals surface area contributed by atoms with Crippen molar-refractivity contribution in [1.82, 2.24) is 9.78 Å². The van der Waals surface area contributed by atoms with Crippen LogP contribution in [0.4, 0.5) is 0 Å². The quantitative estimate of drug-likeness (QED) is 0.690. The molecule has 2 aromatic carbocycles. The molecule has 3 rings (SSSR count). The van der Waals surface area contributed by atoms with Crippen molar-refractivity contribution in [2.75, 3.05) is 7.11 Å². The Morgan fingerprint density at radius 2 is 2.05 bits per heavy atom. The number of nitrogens with zero attached hydrogens (tertiary/aromatic N) is 2. The van der Waals surface area contributed by atoms with Gasteiger partial charge in [0.05, 0.1) is 12.8 Å². The monoisotopic (exact) mass is 280 g/mol. The van der Waals surface area contributed by atoms with E-state index in [9.17, 15) is 4.79 Å². The van der Waals surface area contributed by atoms with Crippen molar-refractivity contribution in [3.05, 3.63) is 60.4 Å². The molecular formula is C17H16N2O2. The van der Waals surface area contributed by atoms with Crippen LogP contribution in [0.25, 0.3) is 16.5 Å². The number of methoxy groups -OCH3 is 1. The maximum atomic E-state index is 11.5. The Labute approximate surface area is 123 Å². The zero-order chi connectivity index (χ0) is 14.7. The first kappa shape index (κ1) is 13.4. The van der Waals surface area contributed by atoms with E-state index in [-0.39, 0.29) is 5.97 Å². The van der Waals surface area contributed by atoms with Crippen molar-refractivity contribution in [3.8, 4) is 5.69 Å². The third kappa shape index (κ3) is 2.65. The van der Waals surface area contributed by atoms with Crippen LogP contribution < -0.4 is 0 Å². The van der Waals surface area contributed by atoms with Gasteiger partial charge in [0, 0.05) is 18.8 Å². The van der Waals surface area contributed by atoms with E-state index in [1.165, 1.54) is 7.11 Å². The lowest BCUT2D eigenvalue weighted by molar-refractivity contribution is -0.140. The molecule has 0 saturated heterocycles. The van der Waals surface area contributed by atoms with Gasteiger partial charge in [0.25, 0.3) is 0 Å². The molecule has 0 fully saturated rings. The largest absolute Gasteiger partial charge is 0.469 e. The summed E-state index contributed by atoms with van der Waals surface area (Å²) in [4.78, 5) is 11.5.